The molecule has 3 aliphatic rings. The van der Waals surface area contributed by atoms with E-state index in [2.05, 4.69) is 0 Å². The van der Waals surface area contributed by atoms with E-state index in [0.717, 1.165) is 16.7 Å². The molecule has 12 atom stereocenters. The molecule has 3 aromatic rings. The summed E-state index contributed by atoms with van der Waals surface area (Å²) in [7, 11) is 0. The number of hydrogen-bond donors (Lipinski definition) is 18. The Balaban J connectivity index is 0.000000252. The highest BCUT2D eigenvalue weighted by Gasteiger charge is 2.38. The highest BCUT2D eigenvalue weighted by molar-refractivity contribution is 5.54. The maximum atomic E-state index is 10.1. The number of hydrogen-bond acceptors (Lipinski definition) is 18. The van der Waals surface area contributed by atoms with Gasteiger partial charge in [0, 0.05) is 0 Å². The van der Waals surface area contributed by atoms with Crippen molar-refractivity contribution in [2.24, 2.45) is 0 Å². The molecule has 0 fully saturated rings. The lowest BCUT2D eigenvalue weighted by molar-refractivity contribution is -0.101. The van der Waals surface area contributed by atoms with Crippen molar-refractivity contribution in [1.82, 2.24) is 0 Å². The van der Waals surface area contributed by atoms with Crippen molar-refractivity contribution in [3.8, 4) is 0 Å². The minimum absolute atomic E-state index is 0.371. The zero-order chi connectivity index (χ0) is 57.8. The summed E-state index contributed by atoms with van der Waals surface area (Å²) in [6, 6.07) is 25.8. The van der Waals surface area contributed by atoms with E-state index in [9.17, 15) is 91.9 Å². The van der Waals surface area contributed by atoms with Gasteiger partial charge in [0.1, 0.15) is 108 Å². The van der Waals surface area contributed by atoms with Crippen LogP contribution in [0.25, 0.3) is 18.2 Å². The third kappa shape index (κ3) is 18.5. The fourth-order valence-corrected chi connectivity index (χ4v) is 7.60. The second kappa shape index (κ2) is 30.7. The third-order valence-electron chi connectivity index (χ3n) is 12.6. The molecule has 18 N–H and O–H groups in total. The Morgan fingerprint density at radius 3 is 0.705 bits per heavy atom. The van der Waals surface area contributed by atoms with E-state index >= 15 is 0 Å². The summed E-state index contributed by atoms with van der Waals surface area (Å²) in [5, 5.41) is 181. The van der Waals surface area contributed by atoms with Gasteiger partial charge in [-0.1, -0.05) is 162 Å². The minimum Gasteiger partial charge on any atom is -0.509 e. The van der Waals surface area contributed by atoms with E-state index < -0.39 is 108 Å². The van der Waals surface area contributed by atoms with Crippen molar-refractivity contribution in [3.05, 3.63) is 230 Å². The molecular weight excluding hydrogens is 1010 g/mol. The molecule has 0 bridgehead atoms. The van der Waals surface area contributed by atoms with Crippen LogP contribution in [0.1, 0.15) is 56.7 Å². The Morgan fingerprint density at radius 1 is 0.308 bits per heavy atom. The van der Waals surface area contributed by atoms with Crippen molar-refractivity contribution >= 4 is 18.2 Å². The first-order valence-electron chi connectivity index (χ1n) is 24.8. The van der Waals surface area contributed by atoms with Crippen molar-refractivity contribution < 1.29 is 91.9 Å². The molecule has 18 heteroatoms. The first kappa shape index (κ1) is 63.4. The van der Waals surface area contributed by atoms with Crippen molar-refractivity contribution in [1.29, 1.82) is 0 Å². The first-order chi connectivity index (χ1) is 36.9. The van der Waals surface area contributed by atoms with E-state index in [0.29, 0.717) is 52.7 Å². The molecule has 78 heavy (non-hydrogen) atoms. The number of rotatable bonds is 18. The lowest BCUT2D eigenvalue weighted by atomic mass is 9.93. The van der Waals surface area contributed by atoms with Crippen LogP contribution in [0.15, 0.2) is 214 Å². The average molecular weight is 1080 g/mol. The van der Waals surface area contributed by atoms with Gasteiger partial charge in [-0.2, -0.15) is 0 Å². The first-order valence-corrected chi connectivity index (χ1v) is 24.8. The predicted molar refractivity (Wildman–Crippen MR) is 295 cm³/mol. The summed E-state index contributed by atoms with van der Waals surface area (Å²) in [5.41, 5.74) is 5.98. The van der Waals surface area contributed by atoms with Crippen LogP contribution in [0.4, 0.5) is 0 Å². The van der Waals surface area contributed by atoms with Crippen LogP contribution in [0.3, 0.4) is 0 Å². The lowest BCUT2D eigenvalue weighted by Crippen LogP contribution is -2.46. The van der Waals surface area contributed by atoms with Gasteiger partial charge in [0.25, 0.3) is 0 Å². The van der Waals surface area contributed by atoms with Gasteiger partial charge in [-0.3, -0.25) is 0 Å². The highest BCUT2D eigenvalue weighted by atomic mass is 16.4. The summed E-state index contributed by atoms with van der Waals surface area (Å²) >= 11 is 0. The summed E-state index contributed by atoms with van der Waals surface area (Å²) in [4.78, 5) is 0. The van der Waals surface area contributed by atoms with E-state index in [1.807, 2.05) is 39.0 Å². The molecule has 0 heterocycles. The molecule has 3 aliphatic carbocycles. The zero-order valence-corrected chi connectivity index (χ0v) is 43.2. The standard InChI is InChI=1S/C20H26O6.C20H24O6.C20H22O6/c1-11-3-7-13(8-4-11)15(21)17(23)19(25)20(26)18(24)16(22)14-9-5-12(2)6-10-14;1-12-7-9-14(10-8-12)16(22)18(24)20(26)19(25)17(23)15(21)11-13-5-3-2-4-6-13;21-15(11-13-7-3-1-4-8-13)17(23)19(25)20(26)18(24)16(22)12-14-9-5-2-6-10-14/h3-7,9,17-26H,8,10H2,1-2H3;2-9,11,17-26H,10H2,1H3;1-12,17-26H/t3*17-,18+,19-,20-/m111/s1. The Labute approximate surface area is 452 Å². The highest BCUT2D eigenvalue weighted by Crippen LogP contribution is 2.27. The summed E-state index contributed by atoms with van der Waals surface area (Å²) in [6.07, 6.45) is -1.90. The smallest absolute Gasteiger partial charge is 0.139 e. The number of benzene rings is 3. The van der Waals surface area contributed by atoms with E-state index in [1.165, 1.54) is 18.2 Å². The van der Waals surface area contributed by atoms with Gasteiger partial charge in [0.05, 0.1) is 0 Å². The maximum absolute atomic E-state index is 10.1. The average Bonchev–Trinajstić information content (AvgIpc) is 3.46. The maximum Gasteiger partial charge on any atom is 0.139 e. The van der Waals surface area contributed by atoms with Gasteiger partial charge in [-0.05, 0) is 91.7 Å². The van der Waals surface area contributed by atoms with Crippen LogP contribution in [-0.2, 0) is 0 Å². The van der Waals surface area contributed by atoms with Crippen LogP contribution in [0.2, 0.25) is 0 Å². The molecular formula is C60H72O18. The third-order valence-corrected chi connectivity index (χ3v) is 12.6. The molecule has 3 aromatic carbocycles. The van der Waals surface area contributed by atoms with Crippen molar-refractivity contribution in [2.75, 3.05) is 0 Å². The molecule has 0 saturated heterocycles. The van der Waals surface area contributed by atoms with E-state index in [4.69, 9.17) is 0 Å². The van der Waals surface area contributed by atoms with Gasteiger partial charge in [-0.25, -0.2) is 0 Å². The van der Waals surface area contributed by atoms with E-state index in [-0.39, 0.29) is 0 Å². The monoisotopic (exact) mass is 1080 g/mol. The topological polar surface area (TPSA) is 364 Å². The molecule has 0 unspecified atom stereocenters. The summed E-state index contributed by atoms with van der Waals surface area (Å²) in [6.45, 7) is 5.67. The molecule has 0 spiro atoms. The summed E-state index contributed by atoms with van der Waals surface area (Å²) in [5.74, 6) is -3.18. The normalized spacial score (nSPS) is 21.6. The molecule has 420 valence electrons. The van der Waals surface area contributed by atoms with Crippen molar-refractivity contribution in [3.63, 3.8) is 0 Å². The van der Waals surface area contributed by atoms with Gasteiger partial charge in [-0.15, -0.1) is 0 Å². The second-order valence-electron chi connectivity index (χ2n) is 18.7. The second-order valence-corrected chi connectivity index (χ2v) is 18.7. The van der Waals surface area contributed by atoms with Gasteiger partial charge in [0.2, 0.25) is 0 Å². The Morgan fingerprint density at radius 2 is 0.513 bits per heavy atom. The Bertz CT molecular complexity index is 2670. The molecule has 0 saturated carbocycles. The van der Waals surface area contributed by atoms with Crippen LogP contribution in [-0.4, -0.2) is 165 Å². The number of aliphatic hydroxyl groups excluding tert-OH is 18. The zero-order valence-electron chi connectivity index (χ0n) is 43.2. The molecule has 0 aliphatic heterocycles. The quantitative estimate of drug-likeness (QED) is 0.0724. The van der Waals surface area contributed by atoms with Crippen LogP contribution < -0.4 is 0 Å². The number of aliphatic hydroxyl groups is 18. The van der Waals surface area contributed by atoms with Crippen LogP contribution >= 0.6 is 0 Å². The lowest BCUT2D eigenvalue weighted by Gasteiger charge is -2.27. The molecule has 6 rings (SSSR count). The van der Waals surface area contributed by atoms with Crippen molar-refractivity contribution in [2.45, 2.75) is 113 Å². The Kier molecular flexibility index (Phi) is 25.0. The largest absolute Gasteiger partial charge is 0.509 e. The molecule has 0 radical (unpaired) electrons. The van der Waals surface area contributed by atoms with E-state index in [1.54, 1.807) is 127 Å². The van der Waals surface area contributed by atoms with Gasteiger partial charge in [0.15, 0.2) is 0 Å². The van der Waals surface area contributed by atoms with Gasteiger partial charge >= 0.3 is 0 Å². The predicted octanol–water partition coefficient (Wildman–Crippen LogP) is 5.24. The minimum atomic E-state index is -1.92. The van der Waals surface area contributed by atoms with Crippen LogP contribution in [0, 0.1) is 0 Å². The van der Waals surface area contributed by atoms with Gasteiger partial charge < -0.3 is 91.9 Å². The fraction of sp³-hybridized carbons (Fsp3) is 0.300. The molecule has 18 nitrogen and oxygen atoms in total. The molecule has 0 aromatic heterocycles. The van der Waals surface area contributed by atoms with Crippen LogP contribution in [0.5, 0.6) is 0 Å². The SMILES string of the molecule is CC1=CCC(=C(O)[C@@H](O)[C@@H](O)[C@H](O)[C@@H](O)C(O)=C2C=CC(C)=CC2)C=C1.CC1=CCC(=C(O)[C@H](O)[C@@H](O)[C@H](O)[C@H](O)C(O)=Cc2ccccc2)C=C1.OC(=Cc1ccccc1)[C@@H](O)[C@@H](O)[C@H](O)[C@@H](O)C(O)=Cc1ccccc1. The molecule has 0 amide bonds. The summed E-state index contributed by atoms with van der Waals surface area (Å²) < 4.78 is 0. The number of allylic oxidation sites excluding steroid dienone is 15. The Hall–Kier alpha value is -7.14. The fourth-order valence-electron chi connectivity index (χ4n) is 7.60.